The molecule has 0 fully saturated rings. The number of nitrogens with zero attached hydrogens (tertiary/aromatic N) is 2. The second kappa shape index (κ2) is 6.29. The summed E-state index contributed by atoms with van der Waals surface area (Å²) in [6.07, 6.45) is 2.69. The Morgan fingerprint density at radius 1 is 1.58 bits per heavy atom. The highest BCUT2D eigenvalue weighted by atomic mass is 35.5. The fraction of sp³-hybridized carbons (Fsp3) is 0.571. The molecule has 0 aliphatic heterocycles. The maximum atomic E-state index is 5.61. The monoisotopic (exact) mass is 211 g/mol. The second-order valence-electron chi connectivity index (χ2n) is 2.63. The zero-order valence-electron chi connectivity index (χ0n) is 7.23. The van der Waals surface area contributed by atoms with Gasteiger partial charge in [0.05, 0.1) is 0 Å². The predicted octanol–water partition coefficient (Wildman–Crippen LogP) is 1.15. The number of rotatable bonds is 2. The van der Waals surface area contributed by atoms with Gasteiger partial charge in [-0.05, 0) is 13.0 Å². The summed E-state index contributed by atoms with van der Waals surface area (Å²) in [5.41, 5.74) is 6.80. The predicted molar refractivity (Wildman–Crippen MR) is 55.1 cm³/mol. The number of halogens is 2. The average Bonchev–Trinajstić information content (AvgIpc) is 2.15. The molecule has 0 saturated carbocycles. The van der Waals surface area contributed by atoms with Crippen LogP contribution in [0.5, 0.6) is 0 Å². The van der Waals surface area contributed by atoms with Crippen LogP contribution in [0.4, 0.5) is 0 Å². The molecule has 0 unspecified atom stereocenters. The topological polar surface area (TPSA) is 43.8 Å². The van der Waals surface area contributed by atoms with Crippen molar-refractivity contribution in [1.82, 2.24) is 9.78 Å². The van der Waals surface area contributed by atoms with E-state index in [2.05, 4.69) is 5.10 Å². The summed E-state index contributed by atoms with van der Waals surface area (Å²) < 4.78 is 1.85. The van der Waals surface area contributed by atoms with Crippen LogP contribution in [0.25, 0.3) is 0 Å². The van der Waals surface area contributed by atoms with E-state index in [-0.39, 0.29) is 30.9 Å². The molecular formula is C7H15Cl2N3. The number of hydrogen-bond donors (Lipinski definition) is 1. The minimum absolute atomic E-state index is 0. The van der Waals surface area contributed by atoms with E-state index in [1.165, 1.54) is 5.69 Å². The third-order valence-corrected chi connectivity index (χ3v) is 1.45. The SMILES string of the molecule is C[C@@H](N)Cc1ccnn1C.Cl.Cl. The van der Waals surface area contributed by atoms with Crippen LogP contribution in [0, 0.1) is 0 Å². The van der Waals surface area contributed by atoms with Gasteiger partial charge >= 0.3 is 0 Å². The van der Waals surface area contributed by atoms with Gasteiger partial charge in [-0.2, -0.15) is 5.10 Å². The molecule has 0 aliphatic rings. The maximum absolute atomic E-state index is 5.61. The zero-order chi connectivity index (χ0) is 7.56. The Balaban J connectivity index is 0. The molecule has 2 N–H and O–H groups in total. The quantitative estimate of drug-likeness (QED) is 0.799. The molecule has 1 rings (SSSR count). The summed E-state index contributed by atoms with van der Waals surface area (Å²) in [7, 11) is 1.93. The molecule has 1 aromatic heterocycles. The average molecular weight is 212 g/mol. The lowest BCUT2D eigenvalue weighted by molar-refractivity contribution is 0.650. The number of aryl methyl sites for hydroxylation is 1. The van der Waals surface area contributed by atoms with Crippen LogP contribution in [0.15, 0.2) is 12.3 Å². The first-order chi connectivity index (χ1) is 4.70. The molecule has 0 bridgehead atoms. The van der Waals surface area contributed by atoms with Gasteiger partial charge in [-0.3, -0.25) is 4.68 Å². The lowest BCUT2D eigenvalue weighted by Gasteiger charge is -2.03. The summed E-state index contributed by atoms with van der Waals surface area (Å²) >= 11 is 0. The van der Waals surface area contributed by atoms with Crippen molar-refractivity contribution in [3.05, 3.63) is 18.0 Å². The summed E-state index contributed by atoms with van der Waals surface area (Å²) in [6, 6.07) is 2.21. The molecule has 0 aliphatic carbocycles. The van der Waals surface area contributed by atoms with Crippen molar-refractivity contribution in [2.45, 2.75) is 19.4 Å². The normalized spacial score (nSPS) is 11.2. The molecule has 3 nitrogen and oxygen atoms in total. The van der Waals surface area contributed by atoms with Gasteiger partial charge in [0.1, 0.15) is 0 Å². The maximum Gasteiger partial charge on any atom is 0.0492 e. The summed E-state index contributed by atoms with van der Waals surface area (Å²) in [4.78, 5) is 0. The third-order valence-electron chi connectivity index (χ3n) is 1.45. The minimum atomic E-state index is 0. The van der Waals surface area contributed by atoms with Crippen molar-refractivity contribution >= 4 is 24.8 Å². The highest BCUT2D eigenvalue weighted by Crippen LogP contribution is 1.98. The van der Waals surface area contributed by atoms with Gasteiger partial charge in [-0.25, -0.2) is 0 Å². The zero-order valence-corrected chi connectivity index (χ0v) is 8.86. The van der Waals surface area contributed by atoms with Crippen LogP contribution in [0.3, 0.4) is 0 Å². The lowest BCUT2D eigenvalue weighted by Crippen LogP contribution is -2.19. The van der Waals surface area contributed by atoms with Crippen molar-refractivity contribution in [2.75, 3.05) is 0 Å². The molecule has 0 aromatic carbocycles. The molecule has 0 saturated heterocycles. The fourth-order valence-electron chi connectivity index (χ4n) is 0.931. The number of hydrogen-bond acceptors (Lipinski definition) is 2. The molecule has 0 amide bonds. The van der Waals surface area contributed by atoms with E-state index in [1.54, 1.807) is 6.20 Å². The highest BCUT2D eigenvalue weighted by Gasteiger charge is 2.00. The molecule has 72 valence electrons. The first-order valence-corrected chi connectivity index (χ1v) is 3.42. The Morgan fingerprint density at radius 3 is 2.50 bits per heavy atom. The Labute approximate surface area is 85.1 Å². The first-order valence-electron chi connectivity index (χ1n) is 3.42. The van der Waals surface area contributed by atoms with Crippen molar-refractivity contribution in [3.8, 4) is 0 Å². The summed E-state index contributed by atoms with van der Waals surface area (Å²) in [5, 5.41) is 4.03. The van der Waals surface area contributed by atoms with E-state index in [0.29, 0.717) is 0 Å². The van der Waals surface area contributed by atoms with Gasteiger partial charge in [-0.15, -0.1) is 24.8 Å². The van der Waals surface area contributed by atoms with Crippen LogP contribution < -0.4 is 5.73 Å². The third kappa shape index (κ3) is 3.95. The summed E-state index contributed by atoms with van der Waals surface area (Å²) in [6.45, 7) is 1.99. The summed E-state index contributed by atoms with van der Waals surface area (Å²) in [5.74, 6) is 0. The van der Waals surface area contributed by atoms with Crippen LogP contribution in [-0.2, 0) is 13.5 Å². The lowest BCUT2D eigenvalue weighted by atomic mass is 10.2. The Morgan fingerprint density at radius 2 is 2.17 bits per heavy atom. The van der Waals surface area contributed by atoms with Gasteiger partial charge in [0.25, 0.3) is 0 Å². The van der Waals surface area contributed by atoms with Crippen molar-refractivity contribution in [2.24, 2.45) is 12.8 Å². The van der Waals surface area contributed by atoms with Crippen LogP contribution in [-0.4, -0.2) is 15.8 Å². The Bertz CT molecular complexity index is 210. The standard InChI is InChI=1S/C7H13N3.2ClH/c1-6(8)5-7-3-4-9-10(7)2;;/h3-4,6H,5,8H2,1-2H3;2*1H/t6-;;/m1../s1. The van der Waals surface area contributed by atoms with E-state index in [9.17, 15) is 0 Å². The van der Waals surface area contributed by atoms with E-state index >= 15 is 0 Å². The van der Waals surface area contributed by atoms with Crippen molar-refractivity contribution < 1.29 is 0 Å². The second-order valence-corrected chi connectivity index (χ2v) is 2.63. The largest absolute Gasteiger partial charge is 0.328 e. The van der Waals surface area contributed by atoms with E-state index in [1.807, 2.05) is 24.7 Å². The van der Waals surface area contributed by atoms with Crippen LogP contribution in [0.1, 0.15) is 12.6 Å². The van der Waals surface area contributed by atoms with Gasteiger partial charge < -0.3 is 5.73 Å². The fourth-order valence-corrected chi connectivity index (χ4v) is 0.931. The highest BCUT2D eigenvalue weighted by molar-refractivity contribution is 5.85. The molecule has 0 spiro atoms. The number of nitrogens with two attached hydrogens (primary N) is 1. The van der Waals surface area contributed by atoms with E-state index in [4.69, 9.17) is 5.73 Å². The molecule has 5 heteroatoms. The Kier molecular flexibility index (Phi) is 7.48. The molecule has 1 heterocycles. The van der Waals surface area contributed by atoms with E-state index in [0.717, 1.165) is 6.42 Å². The van der Waals surface area contributed by atoms with Crippen molar-refractivity contribution in [3.63, 3.8) is 0 Å². The molecule has 12 heavy (non-hydrogen) atoms. The number of aromatic nitrogens is 2. The van der Waals surface area contributed by atoms with Gasteiger partial charge in [0.15, 0.2) is 0 Å². The van der Waals surface area contributed by atoms with Gasteiger partial charge in [0, 0.05) is 31.4 Å². The smallest absolute Gasteiger partial charge is 0.0492 e. The molecule has 0 radical (unpaired) electrons. The van der Waals surface area contributed by atoms with Crippen LogP contribution >= 0.6 is 24.8 Å². The van der Waals surface area contributed by atoms with Crippen molar-refractivity contribution in [1.29, 1.82) is 0 Å². The Hall–Kier alpha value is -0.250. The van der Waals surface area contributed by atoms with Crippen LogP contribution in [0.2, 0.25) is 0 Å². The van der Waals surface area contributed by atoms with Gasteiger partial charge in [-0.1, -0.05) is 0 Å². The molecular weight excluding hydrogens is 197 g/mol. The molecule has 1 atom stereocenters. The first kappa shape index (κ1) is 14.3. The molecule has 1 aromatic rings. The van der Waals surface area contributed by atoms with E-state index < -0.39 is 0 Å². The minimum Gasteiger partial charge on any atom is -0.328 e. The van der Waals surface area contributed by atoms with Gasteiger partial charge in [0.2, 0.25) is 0 Å².